The molecule has 0 fully saturated rings. The van der Waals surface area contributed by atoms with Crippen LogP contribution in [0.1, 0.15) is 20.9 Å². The minimum Gasteiger partial charge on any atom is -0.481 e. The first-order chi connectivity index (χ1) is 11.2. The summed E-state index contributed by atoms with van der Waals surface area (Å²) in [5, 5.41) is 5.78. The van der Waals surface area contributed by atoms with Gasteiger partial charge in [0.2, 0.25) is 5.88 Å². The predicted molar refractivity (Wildman–Crippen MR) is 92.1 cm³/mol. The van der Waals surface area contributed by atoms with Crippen molar-refractivity contribution in [1.82, 2.24) is 15.3 Å². The summed E-state index contributed by atoms with van der Waals surface area (Å²) in [7, 11) is 1.56. The third-order valence-corrected chi connectivity index (χ3v) is 5.41. The van der Waals surface area contributed by atoms with Gasteiger partial charge in [0.05, 0.1) is 17.7 Å². The Kier molecular flexibility index (Phi) is 4.68. The summed E-state index contributed by atoms with van der Waals surface area (Å²) in [6.07, 6.45) is 1.66. The quantitative estimate of drug-likeness (QED) is 0.768. The summed E-state index contributed by atoms with van der Waals surface area (Å²) in [4.78, 5) is 22.7. The highest BCUT2D eigenvalue weighted by Gasteiger charge is 2.17. The van der Waals surface area contributed by atoms with E-state index in [4.69, 9.17) is 4.74 Å². The maximum atomic E-state index is 12.4. The Balaban J connectivity index is 1.74. The van der Waals surface area contributed by atoms with Gasteiger partial charge in [-0.1, -0.05) is 12.1 Å². The van der Waals surface area contributed by atoms with E-state index in [9.17, 15) is 4.79 Å². The van der Waals surface area contributed by atoms with Crippen molar-refractivity contribution < 1.29 is 9.53 Å². The Labute approximate surface area is 142 Å². The zero-order valence-corrected chi connectivity index (χ0v) is 14.3. The maximum Gasteiger partial charge on any atom is 0.263 e. The number of rotatable bonds is 5. The molecule has 0 aliphatic heterocycles. The van der Waals surface area contributed by atoms with Gasteiger partial charge in [-0.05, 0) is 24.4 Å². The van der Waals surface area contributed by atoms with Gasteiger partial charge in [0.25, 0.3) is 5.91 Å². The molecule has 118 valence electrons. The van der Waals surface area contributed by atoms with Crippen LogP contribution in [0.4, 0.5) is 0 Å². The molecule has 1 amide bonds. The van der Waals surface area contributed by atoms with Crippen molar-refractivity contribution >= 4 is 28.6 Å². The van der Waals surface area contributed by atoms with E-state index in [0.717, 1.165) is 21.1 Å². The summed E-state index contributed by atoms with van der Waals surface area (Å²) in [6, 6.07) is 7.68. The topological polar surface area (TPSA) is 64.1 Å². The van der Waals surface area contributed by atoms with Crippen molar-refractivity contribution in [2.45, 2.75) is 13.5 Å². The summed E-state index contributed by atoms with van der Waals surface area (Å²) < 4.78 is 5.19. The van der Waals surface area contributed by atoms with Crippen LogP contribution in [-0.4, -0.2) is 23.0 Å². The summed E-state index contributed by atoms with van der Waals surface area (Å²) >= 11 is 3.03. The molecule has 3 aromatic heterocycles. The largest absolute Gasteiger partial charge is 0.481 e. The van der Waals surface area contributed by atoms with Crippen molar-refractivity contribution in [2.24, 2.45) is 0 Å². The molecule has 0 radical (unpaired) electrons. The van der Waals surface area contributed by atoms with E-state index >= 15 is 0 Å². The molecule has 0 spiro atoms. The van der Waals surface area contributed by atoms with E-state index in [1.165, 1.54) is 11.3 Å². The number of hydrogen-bond donors (Lipinski definition) is 1. The Morgan fingerprint density at radius 2 is 2.22 bits per heavy atom. The van der Waals surface area contributed by atoms with Gasteiger partial charge in [-0.25, -0.2) is 9.97 Å². The highest BCUT2D eigenvalue weighted by Crippen LogP contribution is 2.31. The Morgan fingerprint density at radius 3 is 2.96 bits per heavy atom. The number of nitrogens with zero attached hydrogens (tertiary/aromatic N) is 2. The Hall–Kier alpha value is -2.25. The van der Waals surface area contributed by atoms with Crippen LogP contribution in [-0.2, 0) is 6.54 Å². The fraction of sp³-hybridized carbons (Fsp3) is 0.188. The highest BCUT2D eigenvalue weighted by molar-refractivity contribution is 7.22. The average Bonchev–Trinajstić information content (AvgIpc) is 3.22. The number of carbonyl (C=O) groups is 1. The van der Waals surface area contributed by atoms with Gasteiger partial charge in [-0.2, -0.15) is 0 Å². The smallest absolute Gasteiger partial charge is 0.263 e. The monoisotopic (exact) mass is 345 g/mol. The van der Waals surface area contributed by atoms with Gasteiger partial charge >= 0.3 is 0 Å². The molecule has 1 N–H and O–H groups in total. The zero-order valence-electron chi connectivity index (χ0n) is 12.7. The molecule has 0 aliphatic carbocycles. The van der Waals surface area contributed by atoms with Crippen molar-refractivity contribution in [3.05, 3.63) is 52.0 Å². The first-order valence-corrected chi connectivity index (χ1v) is 8.66. The number of methoxy groups -OCH3 is 1. The van der Waals surface area contributed by atoms with Crippen LogP contribution < -0.4 is 10.1 Å². The van der Waals surface area contributed by atoms with Gasteiger partial charge in [-0.15, -0.1) is 22.7 Å². The lowest BCUT2D eigenvalue weighted by Gasteiger charge is -2.07. The number of hydrogen-bond acceptors (Lipinski definition) is 6. The molecular weight excluding hydrogens is 330 g/mol. The van der Waals surface area contributed by atoms with Gasteiger partial charge in [0.1, 0.15) is 9.88 Å². The fourth-order valence-electron chi connectivity index (χ4n) is 2.11. The van der Waals surface area contributed by atoms with Crippen molar-refractivity contribution in [1.29, 1.82) is 0 Å². The number of aryl methyl sites for hydroxylation is 1. The molecule has 0 saturated heterocycles. The lowest BCUT2D eigenvalue weighted by Crippen LogP contribution is -2.23. The van der Waals surface area contributed by atoms with Crippen LogP contribution in [0.15, 0.2) is 35.8 Å². The molecule has 0 saturated carbocycles. The third-order valence-electron chi connectivity index (χ3n) is 3.22. The minimum atomic E-state index is -0.131. The molecule has 0 bridgehead atoms. The van der Waals surface area contributed by atoms with Gasteiger partial charge in [0, 0.05) is 18.3 Å². The number of ether oxygens (including phenoxy) is 1. The summed E-state index contributed by atoms with van der Waals surface area (Å²) in [5.74, 6) is 0.391. The van der Waals surface area contributed by atoms with E-state index in [1.807, 2.05) is 36.6 Å². The second kappa shape index (κ2) is 6.89. The summed E-state index contributed by atoms with van der Waals surface area (Å²) in [5.41, 5.74) is 1.58. The van der Waals surface area contributed by atoms with Crippen molar-refractivity contribution in [3.8, 4) is 15.8 Å². The number of aromatic nitrogens is 2. The van der Waals surface area contributed by atoms with Crippen molar-refractivity contribution in [2.75, 3.05) is 7.11 Å². The molecule has 5 nitrogen and oxygen atoms in total. The SMILES string of the molecule is COc1ncccc1CNC(=O)c1sc(-c2cccs2)nc1C. The molecule has 7 heteroatoms. The van der Waals surface area contributed by atoms with Crippen LogP contribution in [0.5, 0.6) is 5.88 Å². The fourth-order valence-corrected chi connectivity index (χ4v) is 3.89. The van der Waals surface area contributed by atoms with Crippen LogP contribution >= 0.6 is 22.7 Å². The normalized spacial score (nSPS) is 10.5. The van der Waals surface area contributed by atoms with Crippen molar-refractivity contribution in [3.63, 3.8) is 0 Å². The molecule has 0 aliphatic rings. The predicted octanol–water partition coefficient (Wildman–Crippen LogP) is 3.51. The number of thiazole rings is 1. The van der Waals surface area contributed by atoms with E-state index in [-0.39, 0.29) is 5.91 Å². The van der Waals surface area contributed by atoms with E-state index in [1.54, 1.807) is 24.6 Å². The summed E-state index contributed by atoms with van der Waals surface area (Å²) in [6.45, 7) is 2.22. The van der Waals surface area contributed by atoms with Gasteiger partial charge in [0.15, 0.2) is 0 Å². The lowest BCUT2D eigenvalue weighted by molar-refractivity contribution is 0.0954. The number of carbonyl (C=O) groups excluding carboxylic acids is 1. The molecule has 3 rings (SSSR count). The van der Waals surface area contributed by atoms with E-state index in [0.29, 0.717) is 17.3 Å². The van der Waals surface area contributed by atoms with Crippen LogP contribution in [0.2, 0.25) is 0 Å². The molecule has 0 aromatic carbocycles. The van der Waals surface area contributed by atoms with Gasteiger partial charge < -0.3 is 10.1 Å². The molecule has 0 atom stereocenters. The third kappa shape index (κ3) is 3.40. The van der Waals surface area contributed by atoms with E-state index < -0.39 is 0 Å². The number of amides is 1. The Morgan fingerprint density at radius 1 is 1.35 bits per heavy atom. The second-order valence-electron chi connectivity index (χ2n) is 4.77. The zero-order chi connectivity index (χ0) is 16.2. The minimum absolute atomic E-state index is 0.131. The molecule has 0 unspecified atom stereocenters. The van der Waals surface area contributed by atoms with Crippen LogP contribution in [0, 0.1) is 6.92 Å². The number of thiophene rings is 1. The van der Waals surface area contributed by atoms with Crippen LogP contribution in [0.25, 0.3) is 9.88 Å². The first-order valence-electron chi connectivity index (χ1n) is 6.96. The maximum absolute atomic E-state index is 12.4. The average molecular weight is 345 g/mol. The van der Waals surface area contributed by atoms with Crippen LogP contribution in [0.3, 0.4) is 0 Å². The van der Waals surface area contributed by atoms with E-state index in [2.05, 4.69) is 15.3 Å². The lowest BCUT2D eigenvalue weighted by atomic mass is 10.2. The highest BCUT2D eigenvalue weighted by atomic mass is 32.1. The molecule has 3 heterocycles. The molecule has 3 aromatic rings. The second-order valence-corrected chi connectivity index (χ2v) is 6.71. The first kappa shape index (κ1) is 15.6. The molecule has 23 heavy (non-hydrogen) atoms. The van der Waals surface area contributed by atoms with Gasteiger partial charge in [-0.3, -0.25) is 4.79 Å². The standard InChI is InChI=1S/C16H15N3O2S2/c1-10-13(23-16(19-10)12-6-4-8-22-12)14(20)18-9-11-5-3-7-17-15(11)21-2/h3-8H,9H2,1-2H3,(H,18,20). The Bertz CT molecular complexity index is 813. The molecular formula is C16H15N3O2S2. The number of pyridine rings is 1. The number of nitrogens with one attached hydrogen (secondary N) is 1.